The first-order valence-corrected chi connectivity index (χ1v) is 36.5. The standard InChI is InChI=1S/C35H30O6.C29H36O8.C27H32O8/c1-3-33(36)40-23-21-38-27-17-13-25(14-18-27)35(26-15-19-28(20-16-26)39-22-24-41-34(37)4-2)31-11-7-5-9-29(31)30-10-6-8-12-32(30)35;1-5-27(30)36-21-17-32-15-19-34-25-11-7-23(8-12-25)29(3,4)24-9-13-26(14-10-24)35-20-16-33-18-22-37-28(31)6-2;1-5-25(30)34-17-21(28)15-32-23-11-7-19(8-12-23)27(3,4)20-9-13-24(14-10-20)33-16-22(29)18-35-26(31)6-2/h3-20H,1-2,21-24H2;5-14H,1-2,15-22H2,3-4H3;5-14,21-22,28-29H,1-2,15-18H2,3-4H3. The van der Waals surface area contributed by atoms with Gasteiger partial charge in [-0.15, -0.1) is 0 Å². The number of ether oxygens (including phenoxy) is 14. The van der Waals surface area contributed by atoms with Crippen molar-refractivity contribution in [1.82, 2.24) is 0 Å². The Morgan fingerprint density at radius 3 is 0.814 bits per heavy atom. The number of aliphatic hydroxyl groups excluding tert-OH is 2. The van der Waals surface area contributed by atoms with Crippen LogP contribution in [0.2, 0.25) is 0 Å². The van der Waals surface area contributed by atoms with Crippen molar-refractivity contribution in [3.8, 4) is 45.6 Å². The molecule has 0 saturated carbocycles. The minimum atomic E-state index is -0.945. The first-order valence-electron chi connectivity index (χ1n) is 36.5. The highest BCUT2D eigenvalue weighted by Gasteiger charge is 2.46. The molecule has 8 aromatic carbocycles. The number of esters is 6. The summed E-state index contributed by atoms with van der Waals surface area (Å²) in [6, 6.07) is 64.2. The van der Waals surface area contributed by atoms with E-state index < -0.39 is 53.4 Å². The third-order valence-corrected chi connectivity index (χ3v) is 17.7. The number of fused-ring (bicyclic) bond motifs is 3. The van der Waals surface area contributed by atoms with Gasteiger partial charge < -0.3 is 76.5 Å². The van der Waals surface area contributed by atoms with Crippen molar-refractivity contribution < 1.29 is 105 Å². The molecule has 22 nitrogen and oxygen atoms in total. The molecule has 22 heteroatoms. The van der Waals surface area contributed by atoms with Crippen molar-refractivity contribution in [3.05, 3.63) is 315 Å². The summed E-state index contributed by atoms with van der Waals surface area (Å²) >= 11 is 0. The predicted molar refractivity (Wildman–Crippen MR) is 427 cm³/mol. The molecule has 0 heterocycles. The largest absolute Gasteiger partial charge is 0.491 e. The number of aliphatic hydroxyl groups is 2. The van der Waals surface area contributed by atoms with Gasteiger partial charge in [0.05, 0.1) is 31.8 Å². The third-order valence-electron chi connectivity index (χ3n) is 17.7. The molecular formula is C91H98O22. The molecule has 113 heavy (non-hydrogen) atoms. The first kappa shape index (κ1) is 87.9. The summed E-state index contributed by atoms with van der Waals surface area (Å²) in [6.07, 6.45) is 4.67. The van der Waals surface area contributed by atoms with E-state index in [0.29, 0.717) is 62.6 Å². The van der Waals surface area contributed by atoms with Crippen molar-refractivity contribution in [2.75, 3.05) is 106 Å². The van der Waals surface area contributed by atoms with Crippen LogP contribution in [0.3, 0.4) is 0 Å². The van der Waals surface area contributed by atoms with Crippen molar-refractivity contribution in [3.63, 3.8) is 0 Å². The summed E-state index contributed by atoms with van der Waals surface area (Å²) in [7, 11) is 0. The van der Waals surface area contributed by atoms with Crippen LogP contribution < -0.4 is 28.4 Å². The zero-order chi connectivity index (χ0) is 81.4. The van der Waals surface area contributed by atoms with Gasteiger partial charge in [-0.2, -0.15) is 0 Å². The van der Waals surface area contributed by atoms with Gasteiger partial charge in [-0.3, -0.25) is 0 Å². The minimum Gasteiger partial charge on any atom is -0.491 e. The number of carbonyl (C=O) groups excluding carboxylic acids is 6. The lowest BCUT2D eigenvalue weighted by Gasteiger charge is -2.34. The van der Waals surface area contributed by atoms with Crippen LogP contribution in [0.5, 0.6) is 34.5 Å². The summed E-state index contributed by atoms with van der Waals surface area (Å²) in [4.78, 5) is 66.5. The second-order valence-electron chi connectivity index (χ2n) is 25.9. The molecule has 0 bridgehead atoms. The van der Waals surface area contributed by atoms with Gasteiger partial charge in [0.1, 0.15) is 126 Å². The van der Waals surface area contributed by atoms with Crippen LogP contribution in [0.15, 0.2) is 270 Å². The molecule has 2 atom stereocenters. The molecular weight excluding hydrogens is 1440 g/mol. The molecule has 2 unspecified atom stereocenters. The summed E-state index contributed by atoms with van der Waals surface area (Å²) < 4.78 is 74.2. The van der Waals surface area contributed by atoms with Gasteiger partial charge in [0.2, 0.25) is 0 Å². The van der Waals surface area contributed by atoms with Gasteiger partial charge in [0.15, 0.2) is 0 Å². The molecule has 0 saturated heterocycles. The molecule has 0 amide bonds. The average molecular weight is 1540 g/mol. The Hall–Kier alpha value is -12.3. The topological polar surface area (TPSA) is 272 Å². The van der Waals surface area contributed by atoms with Gasteiger partial charge in [0.25, 0.3) is 0 Å². The second kappa shape index (κ2) is 45.7. The van der Waals surface area contributed by atoms with E-state index in [4.69, 9.17) is 66.3 Å². The summed E-state index contributed by atoms with van der Waals surface area (Å²) in [5.41, 5.74) is 10.3. The predicted octanol–water partition coefficient (Wildman–Crippen LogP) is 13.5. The number of benzene rings is 8. The first-order chi connectivity index (χ1) is 54.6. The zero-order valence-corrected chi connectivity index (χ0v) is 64.2. The van der Waals surface area contributed by atoms with E-state index >= 15 is 0 Å². The third kappa shape index (κ3) is 27.0. The van der Waals surface area contributed by atoms with Crippen molar-refractivity contribution in [2.24, 2.45) is 0 Å². The molecule has 0 radical (unpaired) electrons. The lowest BCUT2D eigenvalue weighted by molar-refractivity contribution is -0.142. The summed E-state index contributed by atoms with van der Waals surface area (Å²) in [6.45, 7) is 31.5. The Kier molecular flexibility index (Phi) is 35.6. The van der Waals surface area contributed by atoms with Crippen molar-refractivity contribution >= 4 is 35.8 Å². The molecule has 0 aliphatic heterocycles. The zero-order valence-electron chi connectivity index (χ0n) is 64.2. The molecule has 0 aromatic heterocycles. The lowest BCUT2D eigenvalue weighted by atomic mass is 9.68. The Labute approximate surface area is 660 Å². The highest BCUT2D eigenvalue weighted by molar-refractivity contribution is 5.87. The van der Waals surface area contributed by atoms with Crippen molar-refractivity contribution in [2.45, 2.75) is 56.1 Å². The molecule has 1 aliphatic rings. The second-order valence-corrected chi connectivity index (χ2v) is 25.9. The summed E-state index contributed by atoms with van der Waals surface area (Å²) in [5.74, 6) is 0.967. The minimum absolute atomic E-state index is 0.0139. The maximum atomic E-state index is 11.3. The Morgan fingerprint density at radius 2 is 0.531 bits per heavy atom. The fourth-order valence-electron chi connectivity index (χ4n) is 11.7. The molecule has 594 valence electrons. The van der Waals surface area contributed by atoms with Crippen LogP contribution in [0.25, 0.3) is 11.1 Å². The summed E-state index contributed by atoms with van der Waals surface area (Å²) in [5, 5.41) is 19.7. The Bertz CT molecular complexity index is 4110. The van der Waals surface area contributed by atoms with Crippen LogP contribution in [0.4, 0.5) is 0 Å². The monoisotopic (exact) mass is 1540 g/mol. The van der Waals surface area contributed by atoms with E-state index in [9.17, 15) is 39.0 Å². The van der Waals surface area contributed by atoms with Gasteiger partial charge in [0, 0.05) is 47.3 Å². The number of hydrogen-bond donors (Lipinski definition) is 2. The SMILES string of the molecule is C=CC(=O)OCC(O)COc1ccc(C(C)(C)c2ccc(OCC(O)COC(=O)C=C)cc2)cc1.C=CC(=O)OCCOCCOc1ccc(C(C)(C)c2ccc(OCCOCCOC(=O)C=C)cc2)cc1.C=CC(=O)OCCOc1ccc(C2(c3ccc(OCCOC(=O)C=C)cc3)c3ccccc3-c3ccccc32)cc1. The normalized spacial score (nSPS) is 12.0. The fraction of sp³-hybridized carbons (Fsp3) is 0.275. The molecule has 9 rings (SSSR count). The van der Waals surface area contributed by atoms with Crippen LogP contribution >= 0.6 is 0 Å². The average Bonchev–Trinajstić information content (AvgIpc) is 1.56. The molecule has 8 aromatic rings. The Balaban J connectivity index is 0.000000236. The lowest BCUT2D eigenvalue weighted by Crippen LogP contribution is -2.28. The number of hydrogen-bond acceptors (Lipinski definition) is 22. The fourth-order valence-corrected chi connectivity index (χ4v) is 11.7. The van der Waals surface area contributed by atoms with E-state index in [2.05, 4.69) is 164 Å². The van der Waals surface area contributed by atoms with Crippen LogP contribution in [0.1, 0.15) is 72.2 Å². The van der Waals surface area contributed by atoms with E-state index in [1.807, 2.05) is 97.1 Å². The van der Waals surface area contributed by atoms with E-state index in [1.54, 1.807) is 0 Å². The highest BCUT2D eigenvalue weighted by Crippen LogP contribution is 2.56. The number of carbonyl (C=O) groups is 6. The molecule has 1 aliphatic carbocycles. The van der Waals surface area contributed by atoms with Crippen LogP contribution in [-0.4, -0.2) is 164 Å². The van der Waals surface area contributed by atoms with Crippen LogP contribution in [0, 0.1) is 0 Å². The van der Waals surface area contributed by atoms with E-state index in [0.717, 1.165) is 81.3 Å². The molecule has 2 N–H and O–H groups in total. The van der Waals surface area contributed by atoms with Gasteiger partial charge in [-0.25, -0.2) is 28.8 Å². The highest BCUT2D eigenvalue weighted by atomic mass is 16.6. The maximum absolute atomic E-state index is 11.3. The molecule has 0 spiro atoms. The van der Waals surface area contributed by atoms with Gasteiger partial charge >= 0.3 is 35.8 Å². The number of rotatable bonds is 44. The smallest absolute Gasteiger partial charge is 0.330 e. The van der Waals surface area contributed by atoms with Gasteiger partial charge in [-0.05, 0) is 128 Å². The van der Waals surface area contributed by atoms with E-state index in [-0.39, 0.29) is 76.9 Å². The molecule has 0 fully saturated rings. The van der Waals surface area contributed by atoms with Crippen molar-refractivity contribution in [1.29, 1.82) is 0 Å². The maximum Gasteiger partial charge on any atom is 0.330 e. The van der Waals surface area contributed by atoms with Gasteiger partial charge in [-0.1, -0.05) is 188 Å². The quantitative estimate of drug-likeness (QED) is 0.0155. The Morgan fingerprint density at radius 1 is 0.301 bits per heavy atom. The van der Waals surface area contributed by atoms with Crippen LogP contribution in [-0.2, 0) is 82.9 Å². The van der Waals surface area contributed by atoms with E-state index in [1.165, 1.54) is 22.3 Å².